The van der Waals surface area contributed by atoms with Crippen molar-refractivity contribution in [3.8, 4) is 11.4 Å². The number of carbonyl (C=O) groups is 1. The molecule has 100 valence electrons. The van der Waals surface area contributed by atoms with Gasteiger partial charge in [-0.3, -0.25) is 4.68 Å². The summed E-state index contributed by atoms with van der Waals surface area (Å²) in [5, 5.41) is 14.5. The maximum absolute atomic E-state index is 11.4. The number of halogens is 1. The minimum atomic E-state index is -0.997. The van der Waals surface area contributed by atoms with Crippen LogP contribution in [0.5, 0.6) is 0 Å². The Bertz CT molecular complexity index is 826. The first-order chi connectivity index (χ1) is 9.56. The summed E-state index contributed by atoms with van der Waals surface area (Å²) in [4.78, 5) is 15.9. The molecule has 3 rings (SSSR count). The van der Waals surface area contributed by atoms with Gasteiger partial charge in [0.05, 0.1) is 22.5 Å². The number of aromatic carboxylic acids is 1. The van der Waals surface area contributed by atoms with Gasteiger partial charge in [-0.25, -0.2) is 9.78 Å². The molecule has 0 saturated carbocycles. The van der Waals surface area contributed by atoms with Crippen molar-refractivity contribution < 1.29 is 9.90 Å². The first-order valence-corrected chi connectivity index (χ1v) is 6.26. The van der Waals surface area contributed by atoms with Crippen molar-refractivity contribution in [3.05, 3.63) is 47.1 Å². The zero-order chi connectivity index (χ0) is 14.3. The number of aryl methyl sites for hydroxylation is 1. The number of benzene rings is 1. The van der Waals surface area contributed by atoms with E-state index < -0.39 is 5.97 Å². The van der Waals surface area contributed by atoms with Crippen LogP contribution in [0.1, 0.15) is 10.4 Å². The lowest BCUT2D eigenvalue weighted by atomic mass is 10.1. The van der Waals surface area contributed by atoms with Crippen molar-refractivity contribution in [2.24, 2.45) is 7.05 Å². The number of rotatable bonds is 2. The highest BCUT2D eigenvalue weighted by molar-refractivity contribution is 6.31. The van der Waals surface area contributed by atoms with E-state index in [1.807, 2.05) is 0 Å². The zero-order valence-electron chi connectivity index (χ0n) is 10.5. The molecule has 1 N–H and O–H groups in total. The van der Waals surface area contributed by atoms with Gasteiger partial charge in [0, 0.05) is 23.7 Å². The Balaban J connectivity index is 2.35. The number of carboxylic acids is 1. The first-order valence-electron chi connectivity index (χ1n) is 5.88. The van der Waals surface area contributed by atoms with E-state index >= 15 is 0 Å². The fourth-order valence-corrected chi connectivity index (χ4v) is 2.30. The third-order valence-electron chi connectivity index (χ3n) is 3.09. The largest absolute Gasteiger partial charge is 0.478 e. The molecule has 0 atom stereocenters. The smallest absolute Gasteiger partial charge is 0.336 e. The van der Waals surface area contributed by atoms with Gasteiger partial charge in [0.1, 0.15) is 0 Å². The topological polar surface area (TPSA) is 68.0 Å². The van der Waals surface area contributed by atoms with Crippen molar-refractivity contribution in [2.75, 3.05) is 0 Å². The highest BCUT2D eigenvalue weighted by Crippen LogP contribution is 2.26. The third-order valence-corrected chi connectivity index (χ3v) is 3.32. The molecule has 0 spiro atoms. The number of hydrogen-bond donors (Lipinski definition) is 1. The lowest BCUT2D eigenvalue weighted by Crippen LogP contribution is -2.02. The predicted molar refractivity (Wildman–Crippen MR) is 75.9 cm³/mol. The molecule has 0 saturated heterocycles. The second-order valence-corrected chi connectivity index (χ2v) is 4.80. The Labute approximate surface area is 119 Å². The molecule has 0 amide bonds. The van der Waals surface area contributed by atoms with Gasteiger partial charge in [-0.1, -0.05) is 17.7 Å². The number of fused-ring (bicyclic) bond motifs is 1. The SMILES string of the molecule is Cn1nccc1-c1cc(C(=O)O)c2ccc(Cl)cc2n1. The van der Waals surface area contributed by atoms with E-state index in [2.05, 4.69) is 10.1 Å². The lowest BCUT2D eigenvalue weighted by molar-refractivity contribution is 0.0699. The molecule has 0 bridgehead atoms. The van der Waals surface area contributed by atoms with Crippen LogP contribution < -0.4 is 0 Å². The van der Waals surface area contributed by atoms with E-state index in [0.29, 0.717) is 21.6 Å². The normalized spacial score (nSPS) is 10.9. The molecule has 0 fully saturated rings. The second-order valence-electron chi connectivity index (χ2n) is 4.36. The number of pyridine rings is 1. The predicted octanol–water partition coefficient (Wildman–Crippen LogP) is 2.99. The van der Waals surface area contributed by atoms with Crippen LogP contribution in [0, 0.1) is 0 Å². The van der Waals surface area contributed by atoms with E-state index in [0.717, 1.165) is 5.69 Å². The van der Waals surface area contributed by atoms with Gasteiger partial charge in [-0.05, 0) is 24.3 Å². The van der Waals surface area contributed by atoms with Gasteiger partial charge < -0.3 is 5.11 Å². The van der Waals surface area contributed by atoms with Crippen LogP contribution >= 0.6 is 11.6 Å². The second kappa shape index (κ2) is 4.61. The summed E-state index contributed by atoms with van der Waals surface area (Å²) in [6.45, 7) is 0. The minimum absolute atomic E-state index is 0.197. The highest BCUT2D eigenvalue weighted by atomic mass is 35.5. The first kappa shape index (κ1) is 12.6. The van der Waals surface area contributed by atoms with E-state index in [1.54, 1.807) is 48.3 Å². The Hall–Kier alpha value is -2.40. The van der Waals surface area contributed by atoms with Crippen LogP contribution in [-0.2, 0) is 7.05 Å². The number of hydrogen-bond acceptors (Lipinski definition) is 3. The van der Waals surface area contributed by atoms with Gasteiger partial charge >= 0.3 is 5.97 Å². The quantitative estimate of drug-likeness (QED) is 0.787. The van der Waals surface area contributed by atoms with Crippen molar-refractivity contribution in [1.82, 2.24) is 14.8 Å². The van der Waals surface area contributed by atoms with Crippen molar-refractivity contribution >= 4 is 28.5 Å². The fraction of sp³-hybridized carbons (Fsp3) is 0.0714. The number of aromatic nitrogens is 3. The van der Waals surface area contributed by atoms with Gasteiger partial charge in [0.15, 0.2) is 0 Å². The van der Waals surface area contributed by atoms with Crippen molar-refractivity contribution in [3.63, 3.8) is 0 Å². The van der Waals surface area contributed by atoms with Gasteiger partial charge in [-0.15, -0.1) is 0 Å². The maximum atomic E-state index is 11.4. The molecule has 0 radical (unpaired) electrons. The van der Waals surface area contributed by atoms with Crippen molar-refractivity contribution in [2.45, 2.75) is 0 Å². The molecule has 6 heteroatoms. The summed E-state index contributed by atoms with van der Waals surface area (Å²) < 4.78 is 1.64. The molecule has 0 aliphatic carbocycles. The van der Waals surface area contributed by atoms with Crippen LogP contribution in [-0.4, -0.2) is 25.8 Å². The molecular formula is C14H10ClN3O2. The van der Waals surface area contributed by atoms with E-state index in [1.165, 1.54) is 0 Å². The standard InChI is InChI=1S/C14H10ClN3O2/c1-18-13(4-5-16-18)12-7-10(14(19)20)9-3-2-8(15)6-11(9)17-12/h2-7H,1H3,(H,19,20). The van der Waals surface area contributed by atoms with Gasteiger partial charge in [0.2, 0.25) is 0 Å². The third kappa shape index (κ3) is 2.02. The number of nitrogens with zero attached hydrogens (tertiary/aromatic N) is 3. The summed E-state index contributed by atoms with van der Waals surface area (Å²) in [6.07, 6.45) is 1.64. The summed E-state index contributed by atoms with van der Waals surface area (Å²) in [5.74, 6) is -0.997. The monoisotopic (exact) mass is 287 g/mol. The highest BCUT2D eigenvalue weighted by Gasteiger charge is 2.14. The Morgan fingerprint density at radius 2 is 2.10 bits per heavy atom. The van der Waals surface area contributed by atoms with Gasteiger partial charge in [-0.2, -0.15) is 5.10 Å². The molecule has 0 aliphatic heterocycles. The van der Waals surface area contributed by atoms with Crippen LogP contribution in [0.25, 0.3) is 22.3 Å². The Kier molecular flexibility index (Phi) is 2.91. The Morgan fingerprint density at radius 1 is 1.30 bits per heavy atom. The molecule has 2 aromatic heterocycles. The molecular weight excluding hydrogens is 278 g/mol. The average molecular weight is 288 g/mol. The lowest BCUT2D eigenvalue weighted by Gasteiger charge is -2.07. The van der Waals surface area contributed by atoms with Crippen LogP contribution in [0.15, 0.2) is 36.5 Å². The molecule has 3 aromatic rings. The molecule has 1 aromatic carbocycles. The van der Waals surface area contributed by atoms with E-state index in [9.17, 15) is 9.90 Å². The summed E-state index contributed by atoms with van der Waals surface area (Å²) in [5.41, 5.74) is 2.04. The summed E-state index contributed by atoms with van der Waals surface area (Å²) in [7, 11) is 1.78. The zero-order valence-corrected chi connectivity index (χ0v) is 11.3. The van der Waals surface area contributed by atoms with Crippen LogP contribution in [0.3, 0.4) is 0 Å². The van der Waals surface area contributed by atoms with Crippen LogP contribution in [0.2, 0.25) is 5.02 Å². The number of carboxylic acid groups (broad SMARTS) is 1. The fourth-order valence-electron chi connectivity index (χ4n) is 2.13. The average Bonchev–Trinajstić information content (AvgIpc) is 2.83. The van der Waals surface area contributed by atoms with Gasteiger partial charge in [0.25, 0.3) is 0 Å². The molecule has 5 nitrogen and oxygen atoms in total. The Morgan fingerprint density at radius 3 is 2.75 bits per heavy atom. The summed E-state index contributed by atoms with van der Waals surface area (Å²) >= 11 is 5.95. The molecule has 20 heavy (non-hydrogen) atoms. The molecule has 0 aliphatic rings. The minimum Gasteiger partial charge on any atom is -0.478 e. The molecule has 0 unspecified atom stereocenters. The van der Waals surface area contributed by atoms with E-state index in [4.69, 9.17) is 11.6 Å². The van der Waals surface area contributed by atoms with Crippen LogP contribution in [0.4, 0.5) is 0 Å². The van der Waals surface area contributed by atoms with E-state index in [-0.39, 0.29) is 5.56 Å². The summed E-state index contributed by atoms with van der Waals surface area (Å²) in [6, 6.07) is 8.31. The molecule has 2 heterocycles. The van der Waals surface area contributed by atoms with Crippen molar-refractivity contribution in [1.29, 1.82) is 0 Å². The maximum Gasteiger partial charge on any atom is 0.336 e.